The molecule has 0 aromatic heterocycles. The molecule has 182 valence electrons. The summed E-state index contributed by atoms with van der Waals surface area (Å²) in [4.78, 5) is 2.14. The molecule has 4 aliphatic carbocycles. The van der Waals surface area contributed by atoms with Crippen molar-refractivity contribution in [1.82, 2.24) is 4.90 Å². The van der Waals surface area contributed by atoms with Crippen LogP contribution in [0.4, 0.5) is 0 Å². The van der Waals surface area contributed by atoms with Gasteiger partial charge in [-0.3, -0.25) is 0 Å². The van der Waals surface area contributed by atoms with Gasteiger partial charge < -0.3 is 14.7 Å². The van der Waals surface area contributed by atoms with E-state index < -0.39 is 5.60 Å². The van der Waals surface area contributed by atoms with Crippen LogP contribution in [0.2, 0.25) is 0 Å². The quantitative estimate of drug-likeness (QED) is 0.540. The Kier molecular flexibility index (Phi) is 6.42. The highest BCUT2D eigenvalue weighted by atomic mass is 16.5. The maximum atomic E-state index is 11.8. The van der Waals surface area contributed by atoms with Gasteiger partial charge in [-0.25, -0.2) is 0 Å². The third kappa shape index (κ3) is 3.94. The van der Waals surface area contributed by atoms with Gasteiger partial charge in [-0.15, -0.1) is 5.92 Å². The molecule has 2 saturated carbocycles. The van der Waals surface area contributed by atoms with E-state index in [-0.39, 0.29) is 5.41 Å². The zero-order chi connectivity index (χ0) is 23.9. The van der Waals surface area contributed by atoms with Gasteiger partial charge in [-0.1, -0.05) is 36.6 Å². The number of ether oxygens (including phenoxy) is 1. The van der Waals surface area contributed by atoms with Crippen LogP contribution >= 0.6 is 0 Å². The van der Waals surface area contributed by atoms with E-state index in [1.807, 2.05) is 6.92 Å². The van der Waals surface area contributed by atoms with Crippen LogP contribution in [-0.2, 0) is 0 Å². The molecule has 4 aliphatic rings. The number of aliphatic hydroxyl groups is 1. The molecule has 5 rings (SSSR count). The summed E-state index contributed by atoms with van der Waals surface area (Å²) in [6.07, 6.45) is 11.6. The van der Waals surface area contributed by atoms with E-state index in [2.05, 4.69) is 68.1 Å². The van der Waals surface area contributed by atoms with Crippen LogP contribution in [0.25, 0.3) is 0 Å². The number of fused-ring (bicyclic) bond motifs is 4. The molecule has 0 bridgehead atoms. The van der Waals surface area contributed by atoms with Crippen LogP contribution < -0.4 is 4.74 Å². The topological polar surface area (TPSA) is 32.7 Å². The van der Waals surface area contributed by atoms with Gasteiger partial charge in [-0.2, -0.15) is 0 Å². The fourth-order valence-corrected chi connectivity index (χ4v) is 7.63. The Morgan fingerprint density at radius 1 is 1.15 bits per heavy atom. The summed E-state index contributed by atoms with van der Waals surface area (Å²) in [5.74, 6) is 8.73. The smallest absolute Gasteiger partial charge is 0.131 e. The fourth-order valence-electron chi connectivity index (χ4n) is 7.63. The monoisotopic (exact) mass is 459 g/mol. The average molecular weight is 460 g/mol. The van der Waals surface area contributed by atoms with Crippen LogP contribution in [0.1, 0.15) is 76.7 Å². The number of hydrogen-bond donors (Lipinski definition) is 1. The molecule has 0 radical (unpaired) electrons. The van der Waals surface area contributed by atoms with E-state index >= 15 is 0 Å². The van der Waals surface area contributed by atoms with Crippen LogP contribution in [0.15, 0.2) is 47.1 Å². The second kappa shape index (κ2) is 9.21. The molecule has 0 spiro atoms. The number of benzene rings is 1. The predicted molar refractivity (Wildman–Crippen MR) is 139 cm³/mol. The molecule has 3 nitrogen and oxygen atoms in total. The molecule has 0 heterocycles. The normalized spacial score (nSPS) is 34.5. The number of rotatable bonds is 5. The summed E-state index contributed by atoms with van der Waals surface area (Å²) in [7, 11) is 4.14. The molecule has 1 aromatic carbocycles. The molecule has 3 heteroatoms. The number of likely N-dealkylation sites (N-methyl/N-ethyl adjacent to an activating group) is 1. The summed E-state index contributed by atoms with van der Waals surface area (Å²) in [6.45, 7) is 5.82. The molecular weight excluding hydrogens is 418 g/mol. The van der Waals surface area contributed by atoms with E-state index in [1.165, 1.54) is 37.7 Å². The Labute approximate surface area is 206 Å². The lowest BCUT2D eigenvalue weighted by Gasteiger charge is -2.53. The second-order valence-electron chi connectivity index (χ2n) is 11.5. The first-order valence-electron chi connectivity index (χ1n) is 13.3. The van der Waals surface area contributed by atoms with Gasteiger partial charge in [0.1, 0.15) is 18.0 Å². The minimum absolute atomic E-state index is 0.174. The lowest BCUT2D eigenvalue weighted by molar-refractivity contribution is -0.0513. The van der Waals surface area contributed by atoms with Crippen molar-refractivity contribution >= 4 is 0 Å². The Bertz CT molecular complexity index is 1040. The number of nitrogens with zero attached hydrogens (tertiary/aromatic N) is 1. The van der Waals surface area contributed by atoms with E-state index in [1.54, 1.807) is 16.7 Å². The van der Waals surface area contributed by atoms with Crippen LogP contribution in [-0.4, -0.2) is 42.9 Å². The third-order valence-corrected chi connectivity index (χ3v) is 9.37. The lowest BCUT2D eigenvalue weighted by atomic mass is 9.51. The number of hydrogen-bond acceptors (Lipinski definition) is 3. The second-order valence-corrected chi connectivity index (χ2v) is 11.5. The van der Waals surface area contributed by atoms with Crippen molar-refractivity contribution in [3.63, 3.8) is 0 Å². The SMILES string of the molecule is CC#C[C@]1(O)CC[C@H]2[C@@H]3CCC4=CCCCC4=C3[C@@H](c3ccc(OCCN(C)C)cc3)C[C@@]21C. The van der Waals surface area contributed by atoms with Crippen molar-refractivity contribution in [1.29, 1.82) is 0 Å². The molecule has 0 saturated heterocycles. The maximum Gasteiger partial charge on any atom is 0.131 e. The van der Waals surface area contributed by atoms with Crippen LogP contribution in [0.3, 0.4) is 0 Å². The molecule has 0 unspecified atom stereocenters. The summed E-state index contributed by atoms with van der Waals surface area (Å²) >= 11 is 0. The first kappa shape index (κ1) is 23.7. The van der Waals surface area contributed by atoms with Crippen molar-refractivity contribution in [2.24, 2.45) is 17.3 Å². The largest absolute Gasteiger partial charge is 0.492 e. The van der Waals surface area contributed by atoms with Crippen molar-refractivity contribution in [3.05, 3.63) is 52.6 Å². The van der Waals surface area contributed by atoms with Crippen LogP contribution in [0.5, 0.6) is 5.75 Å². The summed E-state index contributed by atoms with van der Waals surface area (Å²) in [6, 6.07) is 8.86. The van der Waals surface area contributed by atoms with Crippen molar-refractivity contribution in [2.75, 3.05) is 27.2 Å². The fraction of sp³-hybridized carbons (Fsp3) is 0.613. The molecule has 1 N–H and O–H groups in total. The molecule has 2 fully saturated rings. The highest BCUT2D eigenvalue weighted by Crippen LogP contribution is 2.66. The van der Waals surface area contributed by atoms with E-state index in [4.69, 9.17) is 4.74 Å². The molecular formula is C31H41NO2. The summed E-state index contributed by atoms with van der Waals surface area (Å²) in [5, 5.41) is 11.8. The van der Waals surface area contributed by atoms with Gasteiger partial charge in [0.25, 0.3) is 0 Å². The third-order valence-electron chi connectivity index (χ3n) is 9.37. The average Bonchev–Trinajstić information content (AvgIpc) is 3.09. The van der Waals surface area contributed by atoms with Crippen molar-refractivity contribution in [2.45, 2.75) is 76.7 Å². The van der Waals surface area contributed by atoms with Crippen molar-refractivity contribution < 1.29 is 9.84 Å². The minimum Gasteiger partial charge on any atom is -0.492 e. The molecule has 5 atom stereocenters. The Hall–Kier alpha value is -2.02. The lowest BCUT2D eigenvalue weighted by Crippen LogP contribution is -2.51. The Balaban J connectivity index is 1.54. The van der Waals surface area contributed by atoms with Crippen molar-refractivity contribution in [3.8, 4) is 17.6 Å². The van der Waals surface area contributed by atoms with Crippen LogP contribution in [0, 0.1) is 29.1 Å². The Morgan fingerprint density at radius 2 is 1.94 bits per heavy atom. The highest BCUT2D eigenvalue weighted by Gasteiger charge is 2.62. The van der Waals surface area contributed by atoms with Gasteiger partial charge >= 0.3 is 0 Å². The van der Waals surface area contributed by atoms with Gasteiger partial charge in [0.05, 0.1) is 0 Å². The zero-order valence-electron chi connectivity index (χ0n) is 21.5. The summed E-state index contributed by atoms with van der Waals surface area (Å²) in [5.41, 5.74) is 5.31. The highest BCUT2D eigenvalue weighted by molar-refractivity contribution is 5.49. The molecule has 0 amide bonds. The van der Waals surface area contributed by atoms with Gasteiger partial charge in [0.15, 0.2) is 0 Å². The first-order valence-corrected chi connectivity index (χ1v) is 13.3. The van der Waals surface area contributed by atoms with E-state index in [0.717, 1.165) is 31.6 Å². The minimum atomic E-state index is -0.876. The zero-order valence-corrected chi connectivity index (χ0v) is 21.5. The Morgan fingerprint density at radius 3 is 2.68 bits per heavy atom. The van der Waals surface area contributed by atoms with Gasteiger partial charge in [0, 0.05) is 17.9 Å². The summed E-state index contributed by atoms with van der Waals surface area (Å²) < 4.78 is 5.98. The van der Waals surface area contributed by atoms with Gasteiger partial charge in [0.2, 0.25) is 0 Å². The van der Waals surface area contributed by atoms with E-state index in [0.29, 0.717) is 24.4 Å². The predicted octanol–water partition coefficient (Wildman–Crippen LogP) is 6.10. The molecule has 1 aromatic rings. The standard InChI is InChI=1S/C31H41NO2/c1-5-17-31(33)18-16-28-26-15-12-22-8-6-7-9-25(22)29(26)27(21-30(28,31)2)23-10-13-24(14-11-23)34-20-19-32(3)4/h8,10-11,13-14,26-28,33H,6-7,9,12,15-16,18-21H2,1-4H3/t26-,27+,28-,30-,31-/m0/s1. The molecule has 0 aliphatic heterocycles. The van der Waals surface area contributed by atoms with Gasteiger partial charge in [-0.05, 0) is 113 Å². The maximum absolute atomic E-state index is 11.8. The van der Waals surface area contributed by atoms with E-state index in [9.17, 15) is 5.11 Å². The first-order chi connectivity index (χ1) is 16.4. The molecule has 34 heavy (non-hydrogen) atoms. The number of allylic oxidation sites excluding steroid dienone is 4.